The first-order valence-corrected chi connectivity index (χ1v) is 10.5. The molecule has 0 saturated carbocycles. The van der Waals surface area contributed by atoms with Gasteiger partial charge >= 0.3 is 0 Å². The molecule has 0 spiro atoms. The highest BCUT2D eigenvalue weighted by Gasteiger charge is 2.29. The van der Waals surface area contributed by atoms with Crippen molar-refractivity contribution in [2.24, 2.45) is 4.40 Å². The van der Waals surface area contributed by atoms with Crippen LogP contribution in [0.15, 0.2) is 69.6 Å². The van der Waals surface area contributed by atoms with Crippen molar-refractivity contribution in [1.82, 2.24) is 4.90 Å². The van der Waals surface area contributed by atoms with Crippen LogP contribution < -0.4 is 0 Å². The van der Waals surface area contributed by atoms with Gasteiger partial charge in [0.1, 0.15) is 0 Å². The van der Waals surface area contributed by atoms with Crippen LogP contribution in [0, 0.1) is 6.92 Å². The normalized spacial score (nSPS) is 18.8. The Morgan fingerprint density at radius 2 is 1.61 bits per heavy atom. The van der Waals surface area contributed by atoms with E-state index in [2.05, 4.69) is 4.40 Å². The highest BCUT2D eigenvalue weighted by atomic mass is 32.2. The Hall–Kier alpha value is -2.77. The first kappa shape index (κ1) is 18.6. The molecule has 2 aromatic carbocycles. The molecule has 1 aliphatic heterocycles. The predicted octanol–water partition coefficient (Wildman–Crippen LogP) is 2.59. The standard InChI is InChI=1S/C21H20N2O4S/c1-15-6-8-16(9-7-15)28(25,26)22-19-14-20(23-10-12-27-13-11-23)21(24)18-5-3-2-4-17(18)19/h2-9,14H,10-13H2,1H3/b22-19-. The average molecular weight is 396 g/mol. The monoisotopic (exact) mass is 396 g/mol. The first-order valence-electron chi connectivity index (χ1n) is 9.06. The minimum atomic E-state index is -3.90. The molecule has 0 unspecified atom stereocenters. The molecule has 0 bridgehead atoms. The molecule has 1 heterocycles. The third-order valence-corrected chi connectivity index (χ3v) is 6.15. The van der Waals surface area contributed by atoms with Gasteiger partial charge in [-0.2, -0.15) is 12.8 Å². The largest absolute Gasteiger partial charge is 0.378 e. The summed E-state index contributed by atoms with van der Waals surface area (Å²) in [5.74, 6) is -0.121. The minimum Gasteiger partial charge on any atom is -0.378 e. The van der Waals surface area contributed by atoms with Crippen molar-refractivity contribution >= 4 is 21.5 Å². The summed E-state index contributed by atoms with van der Waals surface area (Å²) in [5, 5.41) is 0. The van der Waals surface area contributed by atoms with Crippen LogP contribution in [-0.2, 0) is 14.8 Å². The lowest BCUT2D eigenvalue weighted by atomic mass is 9.91. The van der Waals surface area contributed by atoms with Crippen molar-refractivity contribution in [3.63, 3.8) is 0 Å². The quantitative estimate of drug-likeness (QED) is 0.797. The molecule has 0 N–H and O–H groups in total. The van der Waals surface area contributed by atoms with Crippen LogP contribution in [0.1, 0.15) is 21.5 Å². The van der Waals surface area contributed by atoms with Crippen molar-refractivity contribution in [1.29, 1.82) is 0 Å². The molecule has 1 saturated heterocycles. The molecule has 0 radical (unpaired) electrons. The van der Waals surface area contributed by atoms with Crippen LogP contribution in [0.25, 0.3) is 0 Å². The van der Waals surface area contributed by atoms with Gasteiger partial charge in [-0.05, 0) is 25.1 Å². The second-order valence-electron chi connectivity index (χ2n) is 6.77. The molecule has 6 nitrogen and oxygen atoms in total. The van der Waals surface area contributed by atoms with E-state index < -0.39 is 10.0 Å². The number of hydrogen-bond donors (Lipinski definition) is 0. The van der Waals surface area contributed by atoms with Crippen molar-refractivity contribution < 1.29 is 17.9 Å². The van der Waals surface area contributed by atoms with E-state index in [0.29, 0.717) is 43.1 Å². The summed E-state index contributed by atoms with van der Waals surface area (Å²) in [6.45, 7) is 4.11. The van der Waals surface area contributed by atoms with Crippen LogP contribution >= 0.6 is 0 Å². The molecule has 4 rings (SSSR count). The van der Waals surface area contributed by atoms with Crippen LogP contribution in [0.4, 0.5) is 0 Å². The number of carbonyl (C=O) groups is 1. The van der Waals surface area contributed by atoms with Crippen molar-refractivity contribution in [3.8, 4) is 0 Å². The van der Waals surface area contributed by atoms with Gasteiger partial charge in [-0.3, -0.25) is 4.79 Å². The number of aryl methyl sites for hydroxylation is 1. The Balaban J connectivity index is 1.82. The van der Waals surface area contributed by atoms with Gasteiger partial charge in [0.2, 0.25) is 5.78 Å². The summed E-state index contributed by atoms with van der Waals surface area (Å²) in [6, 6.07) is 13.5. The van der Waals surface area contributed by atoms with E-state index in [-0.39, 0.29) is 16.4 Å². The van der Waals surface area contributed by atoms with Crippen LogP contribution in [0.5, 0.6) is 0 Å². The highest BCUT2D eigenvalue weighted by molar-refractivity contribution is 7.90. The zero-order valence-corrected chi connectivity index (χ0v) is 16.3. The van der Waals surface area contributed by atoms with Crippen molar-refractivity contribution in [2.75, 3.05) is 26.3 Å². The van der Waals surface area contributed by atoms with E-state index in [9.17, 15) is 13.2 Å². The maximum atomic E-state index is 13.0. The number of ether oxygens (including phenoxy) is 1. The van der Waals surface area contributed by atoms with Crippen LogP contribution in [0.3, 0.4) is 0 Å². The number of carbonyl (C=O) groups excluding carboxylic acids is 1. The molecule has 0 aromatic heterocycles. The summed E-state index contributed by atoms with van der Waals surface area (Å²) < 4.78 is 35.2. The SMILES string of the molecule is Cc1ccc(S(=O)(=O)/N=C2/C=C(N3CCOCC3)C(=O)c3ccccc32)cc1. The molecule has 2 aromatic rings. The summed E-state index contributed by atoms with van der Waals surface area (Å²) in [7, 11) is -3.90. The molecule has 28 heavy (non-hydrogen) atoms. The van der Waals surface area contributed by atoms with E-state index in [0.717, 1.165) is 5.56 Å². The molecule has 0 amide bonds. The van der Waals surface area contributed by atoms with Gasteiger partial charge in [-0.1, -0.05) is 42.0 Å². The Bertz CT molecular complexity index is 1080. The van der Waals surface area contributed by atoms with E-state index in [1.165, 1.54) is 0 Å². The highest BCUT2D eigenvalue weighted by Crippen LogP contribution is 2.26. The van der Waals surface area contributed by atoms with Gasteiger partial charge in [0.15, 0.2) is 0 Å². The second kappa shape index (κ2) is 7.33. The van der Waals surface area contributed by atoms with Gasteiger partial charge in [-0.15, -0.1) is 0 Å². The number of benzene rings is 2. The molecule has 7 heteroatoms. The molecule has 2 aliphatic rings. The topological polar surface area (TPSA) is 76.0 Å². The smallest absolute Gasteiger partial charge is 0.282 e. The maximum absolute atomic E-state index is 13.0. The summed E-state index contributed by atoms with van der Waals surface area (Å²) >= 11 is 0. The van der Waals surface area contributed by atoms with Gasteiger partial charge < -0.3 is 9.64 Å². The number of rotatable bonds is 3. The molecule has 1 fully saturated rings. The first-order chi connectivity index (χ1) is 13.5. The number of sulfonamides is 1. The van der Waals surface area contributed by atoms with Gasteiger partial charge in [0.25, 0.3) is 10.0 Å². The van der Waals surface area contributed by atoms with E-state index in [4.69, 9.17) is 4.74 Å². The van der Waals surface area contributed by atoms with Crippen molar-refractivity contribution in [3.05, 3.63) is 77.0 Å². The zero-order valence-electron chi connectivity index (χ0n) is 15.5. The summed E-state index contributed by atoms with van der Waals surface area (Å²) in [4.78, 5) is 15.0. The molecule has 144 valence electrons. The van der Waals surface area contributed by atoms with E-state index in [1.54, 1.807) is 54.6 Å². The molecule has 0 atom stereocenters. The third-order valence-electron chi connectivity index (χ3n) is 4.84. The number of morpholine rings is 1. The Morgan fingerprint density at radius 3 is 2.29 bits per heavy atom. The predicted molar refractivity (Wildman–Crippen MR) is 106 cm³/mol. The lowest BCUT2D eigenvalue weighted by Gasteiger charge is -2.32. The summed E-state index contributed by atoms with van der Waals surface area (Å²) in [5.41, 5.74) is 2.69. The fraction of sp³-hybridized carbons (Fsp3) is 0.238. The Morgan fingerprint density at radius 1 is 0.964 bits per heavy atom. The summed E-state index contributed by atoms with van der Waals surface area (Å²) in [6.07, 6.45) is 1.59. The number of ketones is 1. The minimum absolute atomic E-state index is 0.121. The Kier molecular flexibility index (Phi) is 4.87. The number of nitrogens with zero attached hydrogens (tertiary/aromatic N) is 2. The number of hydrogen-bond acceptors (Lipinski definition) is 5. The fourth-order valence-electron chi connectivity index (χ4n) is 3.32. The number of fused-ring (bicyclic) bond motifs is 1. The van der Waals surface area contributed by atoms with Crippen molar-refractivity contribution in [2.45, 2.75) is 11.8 Å². The lowest BCUT2D eigenvalue weighted by molar-refractivity contribution is 0.0507. The lowest BCUT2D eigenvalue weighted by Crippen LogP contribution is -2.39. The Labute approximate surface area is 164 Å². The molecular formula is C21H20N2O4S. The maximum Gasteiger partial charge on any atom is 0.282 e. The second-order valence-corrected chi connectivity index (χ2v) is 8.37. The van der Waals surface area contributed by atoms with Crippen LogP contribution in [-0.4, -0.2) is 51.1 Å². The average Bonchev–Trinajstić information content (AvgIpc) is 2.71. The number of Topliss-reactive ketones (excluding diaryl/α,β-unsaturated/α-hetero) is 1. The van der Waals surface area contributed by atoms with E-state index in [1.807, 2.05) is 11.8 Å². The van der Waals surface area contributed by atoms with Gasteiger partial charge in [-0.25, -0.2) is 0 Å². The number of allylic oxidation sites excluding steroid dienone is 2. The molecule has 1 aliphatic carbocycles. The van der Waals surface area contributed by atoms with E-state index >= 15 is 0 Å². The van der Waals surface area contributed by atoms with Gasteiger partial charge in [0, 0.05) is 24.2 Å². The third kappa shape index (κ3) is 3.50. The van der Waals surface area contributed by atoms with Crippen LogP contribution in [0.2, 0.25) is 0 Å². The zero-order chi connectivity index (χ0) is 19.7. The molecular weight excluding hydrogens is 376 g/mol. The fourth-order valence-corrected chi connectivity index (χ4v) is 4.32. The van der Waals surface area contributed by atoms with Gasteiger partial charge in [0.05, 0.1) is 29.5 Å².